The summed E-state index contributed by atoms with van der Waals surface area (Å²) in [6.45, 7) is 1.00. The van der Waals surface area contributed by atoms with E-state index in [4.69, 9.17) is 5.11 Å². The van der Waals surface area contributed by atoms with Crippen LogP contribution in [0.2, 0.25) is 0 Å². The number of carbonyl (C=O) groups is 2. The maximum absolute atomic E-state index is 11.8. The molecule has 2 heterocycles. The standard InChI is InChI=1S/C14H15NO3S/c16-13-5-9(14(17)18)6-15(13)7-10-8-19-12-4-2-1-3-11(10)12/h1-4,9-10H,5-8H2,(H,17,18). The van der Waals surface area contributed by atoms with Gasteiger partial charge in [0, 0.05) is 36.1 Å². The number of nitrogens with zero attached hydrogens (tertiary/aromatic N) is 1. The second kappa shape index (κ2) is 4.89. The van der Waals surface area contributed by atoms with Gasteiger partial charge in [0.1, 0.15) is 0 Å². The van der Waals surface area contributed by atoms with Crippen molar-refractivity contribution >= 4 is 23.6 Å². The summed E-state index contributed by atoms with van der Waals surface area (Å²) in [4.78, 5) is 25.8. The molecule has 2 aliphatic heterocycles. The minimum absolute atomic E-state index is 0.0261. The number of rotatable bonds is 3. The summed E-state index contributed by atoms with van der Waals surface area (Å²) >= 11 is 1.81. The van der Waals surface area contributed by atoms with Crippen molar-refractivity contribution < 1.29 is 14.7 Å². The lowest BCUT2D eigenvalue weighted by Gasteiger charge is -2.20. The van der Waals surface area contributed by atoms with Crippen LogP contribution >= 0.6 is 11.8 Å². The van der Waals surface area contributed by atoms with E-state index in [2.05, 4.69) is 12.1 Å². The molecule has 0 bridgehead atoms. The maximum atomic E-state index is 11.8. The summed E-state index contributed by atoms with van der Waals surface area (Å²) in [6, 6.07) is 8.25. The highest BCUT2D eigenvalue weighted by Gasteiger charge is 2.36. The van der Waals surface area contributed by atoms with E-state index in [9.17, 15) is 9.59 Å². The van der Waals surface area contributed by atoms with Crippen molar-refractivity contribution in [3.05, 3.63) is 29.8 Å². The normalized spacial score (nSPS) is 25.7. The van der Waals surface area contributed by atoms with Gasteiger partial charge in [-0.05, 0) is 11.6 Å². The molecule has 19 heavy (non-hydrogen) atoms. The largest absolute Gasteiger partial charge is 0.481 e. The zero-order valence-corrected chi connectivity index (χ0v) is 11.2. The first-order chi connectivity index (χ1) is 9.15. The van der Waals surface area contributed by atoms with Crippen molar-refractivity contribution in [2.75, 3.05) is 18.8 Å². The molecule has 1 N–H and O–H groups in total. The van der Waals surface area contributed by atoms with E-state index in [-0.39, 0.29) is 12.3 Å². The van der Waals surface area contributed by atoms with Crippen molar-refractivity contribution in [2.45, 2.75) is 17.2 Å². The van der Waals surface area contributed by atoms with E-state index in [1.807, 2.05) is 23.9 Å². The van der Waals surface area contributed by atoms with Crippen LogP contribution < -0.4 is 0 Å². The van der Waals surface area contributed by atoms with Gasteiger partial charge in [0.05, 0.1) is 5.92 Å². The van der Waals surface area contributed by atoms with Crippen molar-refractivity contribution in [2.24, 2.45) is 5.92 Å². The number of carboxylic acid groups (broad SMARTS) is 1. The molecule has 1 aromatic carbocycles. The zero-order chi connectivity index (χ0) is 13.4. The summed E-state index contributed by atoms with van der Waals surface area (Å²) in [5.41, 5.74) is 1.29. The molecular weight excluding hydrogens is 262 g/mol. The van der Waals surface area contributed by atoms with Crippen LogP contribution in [0.15, 0.2) is 29.2 Å². The number of hydrogen-bond donors (Lipinski definition) is 1. The lowest BCUT2D eigenvalue weighted by atomic mass is 10.0. The first-order valence-electron chi connectivity index (χ1n) is 6.37. The quantitative estimate of drug-likeness (QED) is 0.915. The molecule has 0 radical (unpaired) electrons. The number of carbonyl (C=O) groups excluding carboxylic acids is 1. The fraction of sp³-hybridized carbons (Fsp3) is 0.429. The minimum atomic E-state index is -0.864. The number of thioether (sulfide) groups is 1. The number of carboxylic acids is 1. The van der Waals surface area contributed by atoms with Crippen LogP contribution in [0.3, 0.4) is 0 Å². The van der Waals surface area contributed by atoms with Crippen molar-refractivity contribution in [1.82, 2.24) is 4.90 Å². The lowest BCUT2D eigenvalue weighted by molar-refractivity contribution is -0.141. The number of likely N-dealkylation sites (tertiary alicyclic amines) is 1. The molecule has 0 aliphatic carbocycles. The number of benzene rings is 1. The first-order valence-corrected chi connectivity index (χ1v) is 7.36. The molecule has 1 amide bonds. The Hall–Kier alpha value is -1.49. The topological polar surface area (TPSA) is 57.6 Å². The van der Waals surface area contributed by atoms with Crippen molar-refractivity contribution in [1.29, 1.82) is 0 Å². The molecule has 0 aromatic heterocycles. The fourth-order valence-electron chi connectivity index (χ4n) is 2.76. The number of hydrogen-bond acceptors (Lipinski definition) is 3. The van der Waals surface area contributed by atoms with Crippen LogP contribution in [-0.2, 0) is 9.59 Å². The molecule has 3 rings (SSSR count). The third-order valence-electron chi connectivity index (χ3n) is 3.80. The molecule has 1 aromatic rings. The second-order valence-corrected chi connectivity index (χ2v) is 6.15. The SMILES string of the molecule is O=C(O)C1CC(=O)N(CC2CSc3ccccc32)C1. The van der Waals surface area contributed by atoms with Gasteiger partial charge < -0.3 is 10.0 Å². The highest BCUT2D eigenvalue weighted by atomic mass is 32.2. The van der Waals surface area contributed by atoms with Crippen LogP contribution in [0.4, 0.5) is 0 Å². The minimum Gasteiger partial charge on any atom is -0.481 e. The third-order valence-corrected chi connectivity index (χ3v) is 5.06. The number of amides is 1. The molecule has 1 saturated heterocycles. The summed E-state index contributed by atoms with van der Waals surface area (Å²) in [7, 11) is 0. The van der Waals surface area contributed by atoms with Gasteiger partial charge in [0.2, 0.25) is 5.91 Å². The molecule has 1 fully saturated rings. The van der Waals surface area contributed by atoms with E-state index in [1.165, 1.54) is 10.5 Å². The third kappa shape index (κ3) is 2.34. The van der Waals surface area contributed by atoms with Crippen LogP contribution in [0, 0.1) is 5.92 Å². The molecule has 100 valence electrons. The predicted molar refractivity (Wildman–Crippen MR) is 72.2 cm³/mol. The maximum Gasteiger partial charge on any atom is 0.308 e. The van der Waals surface area contributed by atoms with Crippen LogP contribution in [-0.4, -0.2) is 40.7 Å². The number of aliphatic carboxylic acids is 1. The predicted octanol–water partition coefficient (Wildman–Crippen LogP) is 1.81. The van der Waals surface area contributed by atoms with Gasteiger partial charge in [-0.25, -0.2) is 0 Å². The van der Waals surface area contributed by atoms with Gasteiger partial charge in [0.25, 0.3) is 0 Å². The molecule has 0 saturated carbocycles. The van der Waals surface area contributed by atoms with Crippen molar-refractivity contribution in [3.8, 4) is 0 Å². The Morgan fingerprint density at radius 2 is 2.21 bits per heavy atom. The van der Waals surface area contributed by atoms with E-state index in [0.29, 0.717) is 19.0 Å². The van der Waals surface area contributed by atoms with Gasteiger partial charge in [-0.3, -0.25) is 9.59 Å². The Morgan fingerprint density at radius 3 is 2.95 bits per heavy atom. The first kappa shape index (κ1) is 12.5. The summed E-state index contributed by atoms with van der Waals surface area (Å²) < 4.78 is 0. The Labute approximate surface area is 115 Å². The Bertz CT molecular complexity index is 531. The van der Waals surface area contributed by atoms with Crippen LogP contribution in [0.25, 0.3) is 0 Å². The van der Waals surface area contributed by atoms with Crippen LogP contribution in [0.5, 0.6) is 0 Å². The Balaban J connectivity index is 1.70. The second-order valence-electron chi connectivity index (χ2n) is 5.08. The fourth-order valence-corrected chi connectivity index (χ4v) is 4.00. The monoisotopic (exact) mass is 277 g/mol. The molecule has 2 unspecified atom stereocenters. The average Bonchev–Trinajstić information content (AvgIpc) is 2.96. The van der Waals surface area contributed by atoms with E-state index in [0.717, 1.165) is 5.75 Å². The van der Waals surface area contributed by atoms with E-state index >= 15 is 0 Å². The zero-order valence-electron chi connectivity index (χ0n) is 10.4. The van der Waals surface area contributed by atoms with Gasteiger partial charge in [0.15, 0.2) is 0 Å². The summed E-state index contributed by atoms with van der Waals surface area (Å²) in [6.07, 6.45) is 0.150. The lowest BCUT2D eigenvalue weighted by Crippen LogP contribution is -2.31. The van der Waals surface area contributed by atoms with Crippen LogP contribution in [0.1, 0.15) is 17.9 Å². The Kier molecular flexibility index (Phi) is 3.22. The average molecular weight is 277 g/mol. The summed E-state index contributed by atoms with van der Waals surface area (Å²) in [5.74, 6) is -0.116. The summed E-state index contributed by atoms with van der Waals surface area (Å²) in [5, 5.41) is 8.98. The van der Waals surface area contributed by atoms with Gasteiger partial charge in [-0.15, -0.1) is 11.8 Å². The molecule has 2 aliphatic rings. The smallest absolute Gasteiger partial charge is 0.308 e. The molecule has 4 nitrogen and oxygen atoms in total. The van der Waals surface area contributed by atoms with E-state index < -0.39 is 11.9 Å². The van der Waals surface area contributed by atoms with E-state index in [1.54, 1.807) is 4.90 Å². The molecular formula is C14H15NO3S. The van der Waals surface area contributed by atoms with Crippen molar-refractivity contribution in [3.63, 3.8) is 0 Å². The molecule has 2 atom stereocenters. The molecule has 5 heteroatoms. The Morgan fingerprint density at radius 1 is 1.42 bits per heavy atom. The highest BCUT2D eigenvalue weighted by Crippen LogP contribution is 2.40. The van der Waals surface area contributed by atoms with Gasteiger partial charge >= 0.3 is 5.97 Å². The molecule has 0 spiro atoms. The van der Waals surface area contributed by atoms with Gasteiger partial charge in [-0.2, -0.15) is 0 Å². The highest BCUT2D eigenvalue weighted by molar-refractivity contribution is 7.99. The number of fused-ring (bicyclic) bond motifs is 1. The van der Waals surface area contributed by atoms with Gasteiger partial charge in [-0.1, -0.05) is 18.2 Å².